The van der Waals surface area contributed by atoms with Gasteiger partial charge in [-0.1, -0.05) is 68.1 Å². The molecule has 0 fully saturated rings. The average Bonchev–Trinajstić information content (AvgIpc) is 3.26. The minimum atomic E-state index is -1.07. The fourth-order valence-electron chi connectivity index (χ4n) is 3.42. The van der Waals surface area contributed by atoms with E-state index in [1.165, 1.54) is 0 Å². The van der Waals surface area contributed by atoms with Gasteiger partial charge in [0.25, 0.3) is 0 Å². The van der Waals surface area contributed by atoms with Gasteiger partial charge in [-0.15, -0.1) is 10.2 Å². The quantitative estimate of drug-likeness (QED) is 0.292. The van der Waals surface area contributed by atoms with Gasteiger partial charge in [0, 0.05) is 10.7 Å². The molecule has 0 spiro atoms. The summed E-state index contributed by atoms with van der Waals surface area (Å²) in [6.45, 7) is 4.27. The Morgan fingerprint density at radius 3 is 2.28 bits per heavy atom. The molecule has 36 heavy (non-hydrogen) atoms. The van der Waals surface area contributed by atoms with Crippen LogP contribution in [0.25, 0.3) is 5.65 Å². The van der Waals surface area contributed by atoms with Gasteiger partial charge >= 0.3 is 0 Å². The van der Waals surface area contributed by atoms with Crippen molar-refractivity contribution < 1.29 is 14.3 Å². The van der Waals surface area contributed by atoms with Crippen LogP contribution < -0.4 is 15.8 Å². The molecule has 0 radical (unpaired) electrons. The zero-order valence-electron chi connectivity index (χ0n) is 19.6. The number of hydrogen-bond donors (Lipinski definition) is 2. The monoisotopic (exact) mass is 553 g/mol. The number of amides is 1. The number of hydrogen-bond acceptors (Lipinski definition) is 6. The summed E-state index contributed by atoms with van der Waals surface area (Å²) in [5.74, 6) is 0.756. The fourth-order valence-corrected chi connectivity index (χ4v) is 3.83. The number of pyridine rings is 1. The smallest absolute Gasteiger partial charge is 0.240 e. The summed E-state index contributed by atoms with van der Waals surface area (Å²) in [6, 6.07) is 21.0. The minimum absolute atomic E-state index is 0. The molecule has 3 N–H and O–H groups in total. The molecule has 0 aliphatic carbocycles. The van der Waals surface area contributed by atoms with Gasteiger partial charge in [-0.2, -0.15) is 0 Å². The van der Waals surface area contributed by atoms with Gasteiger partial charge in [0.15, 0.2) is 11.6 Å². The van der Waals surface area contributed by atoms with E-state index in [0.29, 0.717) is 30.4 Å². The Morgan fingerprint density at radius 2 is 1.67 bits per heavy atom. The molecule has 0 bridgehead atoms. The zero-order chi connectivity index (χ0) is 24.8. The number of nitrogens with two attached hydrogens (primary N) is 1. The Labute approximate surface area is 220 Å². The van der Waals surface area contributed by atoms with E-state index in [0.717, 1.165) is 15.6 Å². The number of carbonyl (C=O) groups is 1. The van der Waals surface area contributed by atoms with Gasteiger partial charge in [0.05, 0.1) is 18.8 Å². The number of fused-ring (bicyclic) bond motifs is 1. The number of carbonyl (C=O) groups excluding carboxylic acids is 1. The van der Waals surface area contributed by atoms with Crippen molar-refractivity contribution >= 4 is 27.5 Å². The Morgan fingerprint density at radius 1 is 1.06 bits per heavy atom. The highest BCUT2D eigenvalue weighted by Crippen LogP contribution is 2.27. The number of aromatic nitrogens is 3. The lowest BCUT2D eigenvalue weighted by atomic mass is 10.1. The van der Waals surface area contributed by atoms with Gasteiger partial charge in [-0.05, 0) is 47.0 Å². The third kappa shape index (κ3) is 6.90. The van der Waals surface area contributed by atoms with E-state index in [1.807, 2.05) is 72.9 Å². The van der Waals surface area contributed by atoms with Gasteiger partial charge in [0.2, 0.25) is 11.6 Å². The summed E-state index contributed by atoms with van der Waals surface area (Å²) in [5, 5.41) is 11.7. The molecule has 4 aromatic rings. The Bertz CT molecular complexity index is 1270. The second-order valence-electron chi connectivity index (χ2n) is 8.80. The molecule has 0 saturated heterocycles. The standard InChI is InChI=1S/C26H28BrN5O3.CH4/c1-26(2,28)25(33)29-21(17-34-15-18-9-5-3-6-10-18)23-30-31-24-22(13-20(27)14-32(23)24)35-16-19-11-7-4-8-12-19;/h3-14,21H,15-17,28H2,1-2H3,(H,29,33);1H4/t21-;/m1./s1. The Hall–Kier alpha value is -3.27. The first-order valence-corrected chi connectivity index (χ1v) is 12.0. The van der Waals surface area contributed by atoms with Crippen molar-refractivity contribution in [1.29, 1.82) is 0 Å². The molecule has 1 atom stereocenters. The Kier molecular flexibility index (Phi) is 9.19. The third-order valence-corrected chi connectivity index (χ3v) is 5.73. The second kappa shape index (κ2) is 12.1. The van der Waals surface area contributed by atoms with Crippen LogP contribution in [0.3, 0.4) is 0 Å². The van der Waals surface area contributed by atoms with Crippen molar-refractivity contribution in [3.63, 3.8) is 0 Å². The van der Waals surface area contributed by atoms with Gasteiger partial charge in [-0.3, -0.25) is 9.20 Å². The first-order valence-electron chi connectivity index (χ1n) is 11.2. The highest BCUT2D eigenvalue weighted by atomic mass is 79.9. The van der Waals surface area contributed by atoms with Crippen LogP contribution in [0.15, 0.2) is 77.4 Å². The van der Waals surface area contributed by atoms with Crippen LogP contribution in [0.1, 0.15) is 44.3 Å². The van der Waals surface area contributed by atoms with Crippen LogP contribution in [-0.4, -0.2) is 32.7 Å². The lowest BCUT2D eigenvalue weighted by Gasteiger charge is -2.23. The first kappa shape index (κ1) is 27.3. The topological polar surface area (TPSA) is 104 Å². The second-order valence-corrected chi connectivity index (χ2v) is 9.71. The van der Waals surface area contributed by atoms with Crippen molar-refractivity contribution in [3.05, 3.63) is 94.4 Å². The largest absolute Gasteiger partial charge is 0.485 e. The molecule has 8 nitrogen and oxygen atoms in total. The summed E-state index contributed by atoms with van der Waals surface area (Å²) in [4.78, 5) is 12.7. The molecular weight excluding hydrogens is 522 g/mol. The van der Waals surface area contributed by atoms with E-state index in [-0.39, 0.29) is 19.9 Å². The normalized spacial score (nSPS) is 12.1. The maximum absolute atomic E-state index is 12.7. The van der Waals surface area contributed by atoms with Crippen molar-refractivity contribution in [3.8, 4) is 5.75 Å². The van der Waals surface area contributed by atoms with Crippen LogP contribution >= 0.6 is 15.9 Å². The molecule has 0 unspecified atom stereocenters. The van der Waals surface area contributed by atoms with E-state index in [9.17, 15) is 4.79 Å². The van der Waals surface area contributed by atoms with Crippen molar-refractivity contribution in [2.24, 2.45) is 5.73 Å². The number of nitrogens with one attached hydrogen (secondary N) is 1. The molecule has 0 aliphatic rings. The van der Waals surface area contributed by atoms with E-state index in [1.54, 1.807) is 18.2 Å². The number of benzene rings is 2. The predicted molar refractivity (Wildman–Crippen MR) is 143 cm³/mol. The van der Waals surface area contributed by atoms with Gasteiger partial charge in [0.1, 0.15) is 12.6 Å². The van der Waals surface area contributed by atoms with Crippen molar-refractivity contribution in [1.82, 2.24) is 19.9 Å². The van der Waals surface area contributed by atoms with Gasteiger partial charge in [-0.25, -0.2) is 0 Å². The molecule has 0 saturated carbocycles. The van der Waals surface area contributed by atoms with Crippen LogP contribution in [-0.2, 0) is 22.7 Å². The summed E-state index contributed by atoms with van der Waals surface area (Å²) < 4.78 is 14.6. The number of rotatable bonds is 10. The molecule has 4 rings (SSSR count). The maximum atomic E-state index is 12.7. The highest BCUT2D eigenvalue weighted by molar-refractivity contribution is 9.10. The fraction of sp³-hybridized carbons (Fsp3) is 0.296. The van der Waals surface area contributed by atoms with Crippen LogP contribution in [0.2, 0.25) is 0 Å². The summed E-state index contributed by atoms with van der Waals surface area (Å²) in [7, 11) is 0. The first-order chi connectivity index (χ1) is 16.8. The van der Waals surface area contributed by atoms with Crippen molar-refractivity contribution in [2.75, 3.05) is 6.61 Å². The minimum Gasteiger partial charge on any atom is -0.485 e. The predicted octanol–water partition coefficient (Wildman–Crippen LogP) is 4.82. The SMILES string of the molecule is C.CC(C)(N)C(=O)N[C@H](COCc1ccccc1)c1nnc2c(OCc3ccccc3)cc(Br)cn12. The lowest BCUT2D eigenvalue weighted by Crippen LogP contribution is -2.50. The summed E-state index contributed by atoms with van der Waals surface area (Å²) >= 11 is 3.55. The van der Waals surface area contributed by atoms with E-state index < -0.39 is 11.6 Å². The zero-order valence-corrected chi connectivity index (χ0v) is 21.2. The number of ether oxygens (including phenoxy) is 2. The van der Waals surface area contributed by atoms with E-state index in [4.69, 9.17) is 15.2 Å². The maximum Gasteiger partial charge on any atom is 0.240 e. The summed E-state index contributed by atoms with van der Waals surface area (Å²) in [5.41, 5.74) is 7.57. The Balaban J connectivity index is 0.00000361. The summed E-state index contributed by atoms with van der Waals surface area (Å²) in [6.07, 6.45) is 1.84. The van der Waals surface area contributed by atoms with Gasteiger partial charge < -0.3 is 20.5 Å². The molecule has 0 aliphatic heterocycles. The molecule has 2 aromatic heterocycles. The molecule has 2 heterocycles. The highest BCUT2D eigenvalue weighted by Gasteiger charge is 2.28. The van der Waals surface area contributed by atoms with Crippen LogP contribution in [0, 0.1) is 0 Å². The van der Waals surface area contributed by atoms with Crippen LogP contribution in [0.4, 0.5) is 0 Å². The van der Waals surface area contributed by atoms with Crippen molar-refractivity contribution in [2.45, 2.75) is 46.1 Å². The molecule has 190 valence electrons. The molecule has 9 heteroatoms. The average molecular weight is 554 g/mol. The van der Waals surface area contributed by atoms with E-state index in [2.05, 4.69) is 31.4 Å². The van der Waals surface area contributed by atoms with E-state index >= 15 is 0 Å². The lowest BCUT2D eigenvalue weighted by molar-refractivity contribution is -0.126. The number of halogens is 1. The third-order valence-electron chi connectivity index (χ3n) is 5.30. The molecule has 1 amide bonds. The number of nitrogens with zero attached hydrogens (tertiary/aromatic N) is 3. The molecular formula is C27H32BrN5O3. The molecule has 2 aromatic carbocycles. The van der Waals surface area contributed by atoms with Crippen LogP contribution in [0.5, 0.6) is 5.75 Å².